The number of rotatable bonds is 2. The van der Waals surface area contributed by atoms with Crippen LogP contribution in [0.2, 0.25) is 0 Å². The topological polar surface area (TPSA) is 39.1 Å². The lowest BCUT2D eigenvalue weighted by molar-refractivity contribution is 0.592. The van der Waals surface area contributed by atoms with E-state index in [1.54, 1.807) is 30.6 Å². The van der Waals surface area contributed by atoms with Gasteiger partial charge in [0.25, 0.3) is 10.0 Å². The molecule has 4 heteroatoms. The van der Waals surface area contributed by atoms with Crippen molar-refractivity contribution in [2.24, 2.45) is 0 Å². The van der Waals surface area contributed by atoms with E-state index in [1.165, 1.54) is 3.97 Å². The molecule has 0 aliphatic heterocycles. The Morgan fingerprint density at radius 3 is 2.33 bits per heavy atom. The summed E-state index contributed by atoms with van der Waals surface area (Å²) in [6.07, 6.45) is 7.18. The van der Waals surface area contributed by atoms with E-state index in [0.717, 1.165) is 16.7 Å². The van der Waals surface area contributed by atoms with E-state index < -0.39 is 10.0 Å². The predicted octanol–water partition coefficient (Wildman–Crippen LogP) is 3.24. The predicted molar refractivity (Wildman–Crippen MR) is 73.6 cm³/mol. The fraction of sp³-hybridized carbons (Fsp3) is 0.286. The van der Waals surface area contributed by atoms with Crippen LogP contribution in [-0.4, -0.2) is 12.4 Å². The van der Waals surface area contributed by atoms with Gasteiger partial charge in [-0.3, -0.25) is 0 Å². The van der Waals surface area contributed by atoms with E-state index in [1.807, 2.05) is 26.8 Å². The normalized spacial score (nSPS) is 16.3. The number of hydrogen-bond acceptors (Lipinski definition) is 2. The van der Waals surface area contributed by atoms with Crippen molar-refractivity contribution >= 4 is 10.0 Å². The highest BCUT2D eigenvalue weighted by atomic mass is 32.2. The van der Waals surface area contributed by atoms with Crippen molar-refractivity contribution in [1.29, 1.82) is 0 Å². The standard InChI is InChI=1S/C14H17NO2S/c1-11(2)14-10-13(7-6-12(14)3)18(16,17)15-8-4-5-9-15/h4-9H,10H2,1-3H3. The van der Waals surface area contributed by atoms with Gasteiger partial charge in [0, 0.05) is 18.8 Å². The Balaban J connectivity index is 2.47. The fourth-order valence-corrected chi connectivity index (χ4v) is 3.35. The summed E-state index contributed by atoms with van der Waals surface area (Å²) in [7, 11) is -3.41. The van der Waals surface area contributed by atoms with Gasteiger partial charge in [0.1, 0.15) is 0 Å². The average Bonchev–Trinajstić information content (AvgIpc) is 2.82. The summed E-state index contributed by atoms with van der Waals surface area (Å²) in [6.45, 7) is 6.04. The molecule has 0 N–H and O–H groups in total. The Morgan fingerprint density at radius 1 is 1.17 bits per heavy atom. The molecule has 0 aromatic carbocycles. The summed E-state index contributed by atoms with van der Waals surface area (Å²) in [4.78, 5) is 0.445. The molecule has 96 valence electrons. The van der Waals surface area contributed by atoms with Gasteiger partial charge in [-0.15, -0.1) is 0 Å². The minimum absolute atomic E-state index is 0.445. The molecule has 0 radical (unpaired) electrons. The molecule has 0 bridgehead atoms. The molecule has 0 saturated heterocycles. The third-order valence-corrected chi connectivity index (χ3v) is 4.88. The maximum absolute atomic E-state index is 12.4. The van der Waals surface area contributed by atoms with Crippen LogP contribution in [0.1, 0.15) is 27.2 Å². The van der Waals surface area contributed by atoms with E-state index in [0.29, 0.717) is 11.3 Å². The van der Waals surface area contributed by atoms with Gasteiger partial charge in [0.15, 0.2) is 0 Å². The minimum Gasteiger partial charge on any atom is -0.249 e. The van der Waals surface area contributed by atoms with Gasteiger partial charge in [-0.25, -0.2) is 12.4 Å². The second-order valence-corrected chi connectivity index (χ2v) is 6.55. The van der Waals surface area contributed by atoms with Crippen molar-refractivity contribution in [3.8, 4) is 0 Å². The zero-order valence-electron chi connectivity index (χ0n) is 10.8. The van der Waals surface area contributed by atoms with Crippen LogP contribution < -0.4 is 0 Å². The van der Waals surface area contributed by atoms with Crippen LogP contribution in [-0.2, 0) is 10.0 Å². The van der Waals surface area contributed by atoms with Crippen LogP contribution in [0, 0.1) is 0 Å². The Hall–Kier alpha value is -1.55. The van der Waals surface area contributed by atoms with Crippen molar-refractivity contribution in [3.63, 3.8) is 0 Å². The quantitative estimate of drug-likeness (QED) is 0.821. The molecular weight excluding hydrogens is 246 g/mol. The second kappa shape index (κ2) is 4.61. The highest BCUT2D eigenvalue weighted by Gasteiger charge is 2.22. The first-order valence-corrected chi connectivity index (χ1v) is 7.29. The number of hydrogen-bond donors (Lipinski definition) is 0. The molecule has 0 saturated carbocycles. The van der Waals surface area contributed by atoms with Crippen molar-refractivity contribution in [3.05, 3.63) is 58.3 Å². The molecule has 1 heterocycles. The molecule has 1 aliphatic carbocycles. The minimum atomic E-state index is -3.41. The maximum atomic E-state index is 12.4. The zero-order valence-corrected chi connectivity index (χ0v) is 11.7. The Bertz CT molecular complexity index is 640. The number of allylic oxidation sites excluding steroid dienone is 6. The monoisotopic (exact) mass is 263 g/mol. The molecule has 0 spiro atoms. The summed E-state index contributed by atoms with van der Waals surface area (Å²) in [5.74, 6) is 0. The SMILES string of the molecule is CC1=CC=C(S(=O)(=O)n2cccc2)CC1=C(C)C. The third-order valence-electron chi connectivity index (χ3n) is 3.14. The van der Waals surface area contributed by atoms with E-state index in [9.17, 15) is 8.42 Å². The van der Waals surface area contributed by atoms with E-state index in [-0.39, 0.29) is 0 Å². The van der Waals surface area contributed by atoms with Gasteiger partial charge in [-0.1, -0.05) is 11.6 Å². The van der Waals surface area contributed by atoms with Gasteiger partial charge < -0.3 is 0 Å². The first-order chi connectivity index (χ1) is 8.43. The molecule has 1 aromatic rings. The molecule has 1 aliphatic rings. The van der Waals surface area contributed by atoms with Crippen molar-refractivity contribution < 1.29 is 8.42 Å². The van der Waals surface area contributed by atoms with Crippen LogP contribution in [0.5, 0.6) is 0 Å². The second-order valence-electron chi connectivity index (χ2n) is 4.66. The molecular formula is C14H17NO2S. The first kappa shape index (κ1) is 12.9. The number of nitrogens with zero attached hydrogens (tertiary/aromatic N) is 1. The average molecular weight is 263 g/mol. The molecule has 0 unspecified atom stereocenters. The Morgan fingerprint density at radius 2 is 1.78 bits per heavy atom. The third kappa shape index (κ3) is 2.20. The van der Waals surface area contributed by atoms with Gasteiger partial charge >= 0.3 is 0 Å². The summed E-state index contributed by atoms with van der Waals surface area (Å²) in [5.41, 5.74) is 3.42. The smallest absolute Gasteiger partial charge is 0.249 e. The fourth-order valence-electron chi connectivity index (χ4n) is 2.05. The lowest BCUT2D eigenvalue weighted by atomic mass is 9.95. The molecule has 18 heavy (non-hydrogen) atoms. The molecule has 1 aromatic heterocycles. The van der Waals surface area contributed by atoms with Crippen LogP contribution in [0.25, 0.3) is 0 Å². The van der Waals surface area contributed by atoms with Crippen molar-refractivity contribution in [2.75, 3.05) is 0 Å². The molecule has 0 amide bonds. The van der Waals surface area contributed by atoms with Gasteiger partial charge in [0.05, 0.1) is 4.91 Å². The summed E-state index contributed by atoms with van der Waals surface area (Å²) in [6, 6.07) is 3.42. The van der Waals surface area contributed by atoms with Crippen LogP contribution >= 0.6 is 0 Å². The van der Waals surface area contributed by atoms with Crippen LogP contribution in [0.15, 0.2) is 58.3 Å². The van der Waals surface area contributed by atoms with Crippen LogP contribution in [0.4, 0.5) is 0 Å². The van der Waals surface area contributed by atoms with Crippen molar-refractivity contribution in [2.45, 2.75) is 27.2 Å². The molecule has 0 atom stereocenters. The highest BCUT2D eigenvalue weighted by Crippen LogP contribution is 2.30. The lowest BCUT2D eigenvalue weighted by Gasteiger charge is -2.18. The largest absolute Gasteiger partial charge is 0.264 e. The van der Waals surface area contributed by atoms with Gasteiger partial charge in [-0.05, 0) is 50.1 Å². The molecule has 3 nitrogen and oxygen atoms in total. The highest BCUT2D eigenvalue weighted by molar-refractivity contribution is 7.93. The van der Waals surface area contributed by atoms with Gasteiger partial charge in [0.2, 0.25) is 0 Å². The first-order valence-electron chi connectivity index (χ1n) is 5.85. The summed E-state index contributed by atoms with van der Waals surface area (Å²) < 4.78 is 26.0. The Labute approximate surface area is 108 Å². The molecule has 0 fully saturated rings. The van der Waals surface area contributed by atoms with E-state index >= 15 is 0 Å². The van der Waals surface area contributed by atoms with E-state index in [2.05, 4.69) is 0 Å². The van der Waals surface area contributed by atoms with Gasteiger partial charge in [-0.2, -0.15) is 0 Å². The summed E-state index contributed by atoms with van der Waals surface area (Å²) in [5, 5.41) is 0. The summed E-state index contributed by atoms with van der Waals surface area (Å²) >= 11 is 0. The lowest BCUT2D eigenvalue weighted by Crippen LogP contribution is -2.15. The maximum Gasteiger partial charge on any atom is 0.264 e. The van der Waals surface area contributed by atoms with Crippen molar-refractivity contribution in [1.82, 2.24) is 3.97 Å². The molecule has 2 rings (SSSR count). The van der Waals surface area contributed by atoms with E-state index in [4.69, 9.17) is 0 Å². The zero-order chi connectivity index (χ0) is 13.3. The number of aromatic nitrogens is 1. The Kier molecular flexibility index (Phi) is 3.30. The van der Waals surface area contributed by atoms with Crippen LogP contribution in [0.3, 0.4) is 0 Å².